The molecular formula is C21H23ClN6O. The lowest BCUT2D eigenvalue weighted by Gasteiger charge is -2.36. The average molecular weight is 411 g/mol. The maximum atomic E-state index is 13.2. The van der Waals surface area contributed by atoms with E-state index in [-0.39, 0.29) is 30.4 Å². The quantitative estimate of drug-likeness (QED) is 0.702. The first-order valence-electron chi connectivity index (χ1n) is 9.65. The molecule has 1 N–H and O–H groups in total. The van der Waals surface area contributed by atoms with E-state index in [0.717, 1.165) is 30.3 Å². The number of hydrogen-bond donors (Lipinski definition) is 1. The molecular weight excluding hydrogens is 388 g/mol. The molecule has 8 heteroatoms. The second-order valence-corrected chi connectivity index (χ2v) is 7.50. The van der Waals surface area contributed by atoms with E-state index in [1.165, 1.54) is 11.1 Å². The number of carbonyl (C=O) groups excluding carboxylic acids is 1. The summed E-state index contributed by atoms with van der Waals surface area (Å²) < 4.78 is 2.11. The van der Waals surface area contributed by atoms with Crippen molar-refractivity contribution in [3.63, 3.8) is 0 Å². The fourth-order valence-electron chi connectivity index (χ4n) is 4.22. The second kappa shape index (κ2) is 7.93. The van der Waals surface area contributed by atoms with Gasteiger partial charge in [-0.2, -0.15) is 0 Å². The molecule has 0 spiro atoms. The summed E-state index contributed by atoms with van der Waals surface area (Å²) in [7, 11) is 0. The van der Waals surface area contributed by atoms with Crippen LogP contribution in [0.3, 0.4) is 0 Å². The van der Waals surface area contributed by atoms with Crippen LogP contribution in [0, 0.1) is 0 Å². The van der Waals surface area contributed by atoms with E-state index >= 15 is 0 Å². The predicted octanol–water partition coefficient (Wildman–Crippen LogP) is 2.38. The van der Waals surface area contributed by atoms with Gasteiger partial charge in [-0.15, -0.1) is 22.6 Å². The molecule has 2 atom stereocenters. The Kier molecular flexibility index (Phi) is 5.34. The van der Waals surface area contributed by atoms with Crippen LogP contribution in [0.2, 0.25) is 0 Å². The molecule has 5 rings (SSSR count). The Morgan fingerprint density at radius 2 is 1.90 bits per heavy atom. The standard InChI is InChI=1S/C21H22N6O.ClH/c1-14-12-26(21(28)18-10-15-6-2-3-7-16(15)11-23-18)13-19-24-25-20(27(14)19)17-8-4-5-9-22-17;/h2-9,14,18,23H,10-13H2,1H3;1H/t14-,18+;/m0./s1. The Balaban J connectivity index is 0.00000205. The van der Waals surface area contributed by atoms with Crippen molar-refractivity contribution in [2.75, 3.05) is 6.54 Å². The topological polar surface area (TPSA) is 75.9 Å². The number of hydrogen-bond acceptors (Lipinski definition) is 5. The molecule has 4 heterocycles. The largest absolute Gasteiger partial charge is 0.332 e. The van der Waals surface area contributed by atoms with Gasteiger partial charge in [-0.3, -0.25) is 9.78 Å². The number of nitrogens with zero attached hydrogens (tertiary/aromatic N) is 5. The highest BCUT2D eigenvalue weighted by molar-refractivity contribution is 5.85. The number of fused-ring (bicyclic) bond motifs is 2. The monoisotopic (exact) mass is 410 g/mol. The number of amides is 1. The number of pyridine rings is 1. The van der Waals surface area contributed by atoms with E-state index in [4.69, 9.17) is 0 Å². The zero-order valence-corrected chi connectivity index (χ0v) is 17.0. The van der Waals surface area contributed by atoms with Crippen molar-refractivity contribution in [2.45, 2.75) is 38.5 Å². The average Bonchev–Trinajstić information content (AvgIpc) is 3.18. The third-order valence-electron chi connectivity index (χ3n) is 5.61. The molecule has 7 nitrogen and oxygen atoms in total. The molecule has 29 heavy (non-hydrogen) atoms. The van der Waals surface area contributed by atoms with Crippen LogP contribution in [0.25, 0.3) is 11.5 Å². The van der Waals surface area contributed by atoms with Crippen LogP contribution in [0.4, 0.5) is 0 Å². The maximum Gasteiger partial charge on any atom is 0.240 e. The number of rotatable bonds is 2. The first kappa shape index (κ1) is 19.5. The van der Waals surface area contributed by atoms with Gasteiger partial charge in [0.1, 0.15) is 5.69 Å². The van der Waals surface area contributed by atoms with Gasteiger partial charge in [-0.05, 0) is 36.6 Å². The summed E-state index contributed by atoms with van der Waals surface area (Å²) in [6.45, 7) is 3.95. The van der Waals surface area contributed by atoms with Crippen molar-refractivity contribution >= 4 is 18.3 Å². The van der Waals surface area contributed by atoms with Gasteiger partial charge < -0.3 is 14.8 Å². The van der Waals surface area contributed by atoms with E-state index in [9.17, 15) is 4.79 Å². The van der Waals surface area contributed by atoms with E-state index in [1.54, 1.807) is 6.20 Å². The SMILES string of the molecule is C[C@H]1CN(C(=O)[C@H]2Cc3ccccc3CN2)Cc2nnc(-c3ccccn3)n21.Cl. The number of nitrogens with one attached hydrogen (secondary N) is 1. The van der Waals surface area contributed by atoms with Crippen LogP contribution in [-0.2, 0) is 24.3 Å². The summed E-state index contributed by atoms with van der Waals surface area (Å²) in [5.74, 6) is 1.71. The summed E-state index contributed by atoms with van der Waals surface area (Å²) in [5.41, 5.74) is 3.34. The molecule has 0 unspecified atom stereocenters. The summed E-state index contributed by atoms with van der Waals surface area (Å²) in [6.07, 6.45) is 2.48. The van der Waals surface area contributed by atoms with Crippen LogP contribution in [0.5, 0.6) is 0 Å². The zero-order chi connectivity index (χ0) is 19.1. The molecule has 3 aromatic rings. The molecule has 0 saturated heterocycles. The molecule has 150 valence electrons. The van der Waals surface area contributed by atoms with Gasteiger partial charge in [0.15, 0.2) is 11.6 Å². The Labute approximate surface area is 175 Å². The van der Waals surface area contributed by atoms with Crippen molar-refractivity contribution in [3.8, 4) is 11.5 Å². The second-order valence-electron chi connectivity index (χ2n) is 7.50. The fourth-order valence-corrected chi connectivity index (χ4v) is 4.22. The molecule has 2 aromatic heterocycles. The minimum Gasteiger partial charge on any atom is -0.332 e. The highest BCUT2D eigenvalue weighted by atomic mass is 35.5. The smallest absolute Gasteiger partial charge is 0.240 e. The van der Waals surface area contributed by atoms with E-state index in [1.807, 2.05) is 35.2 Å². The molecule has 0 bridgehead atoms. The van der Waals surface area contributed by atoms with Crippen LogP contribution >= 0.6 is 12.4 Å². The van der Waals surface area contributed by atoms with Crippen LogP contribution < -0.4 is 5.32 Å². The highest BCUT2D eigenvalue weighted by Crippen LogP contribution is 2.27. The molecule has 0 aliphatic carbocycles. The fraction of sp³-hybridized carbons (Fsp3) is 0.333. The molecule has 2 aliphatic rings. The summed E-state index contributed by atoms with van der Waals surface area (Å²) in [4.78, 5) is 19.5. The minimum absolute atomic E-state index is 0. The third kappa shape index (κ3) is 3.52. The normalized spacial score (nSPS) is 20.4. The number of aromatic nitrogens is 4. The minimum atomic E-state index is -0.188. The number of benzene rings is 1. The maximum absolute atomic E-state index is 13.2. The van der Waals surface area contributed by atoms with Crippen molar-refractivity contribution in [2.24, 2.45) is 0 Å². The summed E-state index contributed by atoms with van der Waals surface area (Å²) in [6, 6.07) is 14.0. The molecule has 2 aliphatic heterocycles. The lowest BCUT2D eigenvalue weighted by Crippen LogP contribution is -2.51. The lowest BCUT2D eigenvalue weighted by molar-refractivity contribution is -0.135. The van der Waals surface area contributed by atoms with Crippen molar-refractivity contribution < 1.29 is 4.79 Å². The predicted molar refractivity (Wildman–Crippen MR) is 111 cm³/mol. The van der Waals surface area contributed by atoms with Crippen molar-refractivity contribution in [1.82, 2.24) is 30.0 Å². The van der Waals surface area contributed by atoms with Crippen LogP contribution in [-0.4, -0.2) is 43.1 Å². The Hall–Kier alpha value is -2.77. The van der Waals surface area contributed by atoms with E-state index in [2.05, 4.69) is 44.1 Å². The Morgan fingerprint density at radius 3 is 2.69 bits per heavy atom. The van der Waals surface area contributed by atoms with Gasteiger partial charge in [0.05, 0.1) is 18.6 Å². The molecule has 1 aromatic carbocycles. The molecule has 0 saturated carbocycles. The highest BCUT2D eigenvalue weighted by Gasteiger charge is 2.34. The van der Waals surface area contributed by atoms with Gasteiger partial charge in [0.25, 0.3) is 0 Å². The third-order valence-corrected chi connectivity index (χ3v) is 5.61. The first-order valence-corrected chi connectivity index (χ1v) is 9.65. The van der Waals surface area contributed by atoms with Crippen LogP contribution in [0.15, 0.2) is 48.7 Å². The molecule has 0 radical (unpaired) electrons. The first-order chi connectivity index (χ1) is 13.7. The van der Waals surface area contributed by atoms with Crippen molar-refractivity contribution in [3.05, 3.63) is 65.6 Å². The van der Waals surface area contributed by atoms with Crippen molar-refractivity contribution in [1.29, 1.82) is 0 Å². The van der Waals surface area contributed by atoms with Crippen LogP contribution in [0.1, 0.15) is 29.9 Å². The number of halogens is 1. The Bertz CT molecular complexity index is 1020. The van der Waals surface area contributed by atoms with Gasteiger partial charge in [0, 0.05) is 19.3 Å². The van der Waals surface area contributed by atoms with Gasteiger partial charge >= 0.3 is 0 Å². The molecule has 0 fully saturated rings. The number of carbonyl (C=O) groups is 1. The van der Waals surface area contributed by atoms with Gasteiger partial charge in [0.2, 0.25) is 5.91 Å². The van der Waals surface area contributed by atoms with E-state index < -0.39 is 0 Å². The van der Waals surface area contributed by atoms with E-state index in [0.29, 0.717) is 13.1 Å². The summed E-state index contributed by atoms with van der Waals surface area (Å²) in [5, 5.41) is 12.1. The summed E-state index contributed by atoms with van der Waals surface area (Å²) >= 11 is 0. The lowest BCUT2D eigenvalue weighted by atomic mass is 9.95. The zero-order valence-electron chi connectivity index (χ0n) is 16.2. The Morgan fingerprint density at radius 1 is 1.10 bits per heavy atom. The van der Waals surface area contributed by atoms with Gasteiger partial charge in [-0.25, -0.2) is 0 Å². The molecule has 1 amide bonds. The van der Waals surface area contributed by atoms with Gasteiger partial charge in [-0.1, -0.05) is 30.3 Å².